The number of ketones is 1. The summed E-state index contributed by atoms with van der Waals surface area (Å²) >= 11 is 0. The lowest BCUT2D eigenvalue weighted by atomic mass is 9.54. The van der Waals surface area contributed by atoms with Gasteiger partial charge in [-0.3, -0.25) is 9.59 Å². The van der Waals surface area contributed by atoms with E-state index < -0.39 is 5.41 Å². The van der Waals surface area contributed by atoms with E-state index in [1.54, 1.807) is 0 Å². The highest BCUT2D eigenvalue weighted by molar-refractivity contribution is 6.09. The van der Waals surface area contributed by atoms with E-state index in [-0.39, 0.29) is 35.5 Å². The molecule has 1 amide bonds. The third-order valence-electron chi connectivity index (χ3n) is 7.80. The minimum atomic E-state index is -0.997. The van der Waals surface area contributed by atoms with Gasteiger partial charge in [-0.1, -0.05) is 79.6 Å². The molecule has 4 rings (SSSR count). The van der Waals surface area contributed by atoms with Gasteiger partial charge in [0.25, 0.3) is 0 Å². The first-order valence-corrected chi connectivity index (χ1v) is 11.7. The van der Waals surface area contributed by atoms with Crippen LogP contribution in [0.1, 0.15) is 52.5 Å². The molecule has 0 unspecified atom stereocenters. The molecule has 0 radical (unpaired) electrons. The van der Waals surface area contributed by atoms with Crippen molar-refractivity contribution in [3.8, 4) is 0 Å². The molecule has 1 fully saturated rings. The Morgan fingerprint density at radius 3 is 2.52 bits per heavy atom. The smallest absolute Gasteiger partial charge is 0.235 e. The first-order valence-electron chi connectivity index (χ1n) is 11.7. The molecule has 3 heteroatoms. The number of benzene rings is 1. The van der Waals surface area contributed by atoms with Crippen molar-refractivity contribution in [2.24, 2.45) is 29.1 Å². The Morgan fingerprint density at radius 2 is 1.77 bits per heavy atom. The molecule has 1 N–H and O–H groups in total. The number of carbonyl (C=O) groups is 2. The molecule has 31 heavy (non-hydrogen) atoms. The van der Waals surface area contributed by atoms with Gasteiger partial charge in [0.05, 0.1) is 0 Å². The van der Waals surface area contributed by atoms with Crippen LogP contribution >= 0.6 is 0 Å². The van der Waals surface area contributed by atoms with Crippen LogP contribution in [0.2, 0.25) is 0 Å². The van der Waals surface area contributed by atoms with Gasteiger partial charge in [-0.25, -0.2) is 0 Å². The van der Waals surface area contributed by atoms with Crippen molar-refractivity contribution in [3.63, 3.8) is 0 Å². The highest BCUT2D eigenvalue weighted by atomic mass is 16.2. The van der Waals surface area contributed by atoms with Gasteiger partial charge in [0.15, 0.2) is 0 Å². The van der Waals surface area contributed by atoms with Crippen LogP contribution in [0.4, 0.5) is 0 Å². The minimum absolute atomic E-state index is 0.0326. The molecular formula is C28H35NO2. The summed E-state index contributed by atoms with van der Waals surface area (Å²) in [6.45, 7) is 8.68. The molecular weight excluding hydrogens is 382 g/mol. The zero-order valence-corrected chi connectivity index (χ0v) is 19.2. The zero-order valence-electron chi connectivity index (χ0n) is 19.2. The second kappa shape index (κ2) is 8.61. The lowest BCUT2D eigenvalue weighted by molar-refractivity contribution is -0.145. The molecule has 3 aliphatic rings. The number of allylic oxidation sites excluding steroid dienone is 6. The fourth-order valence-corrected chi connectivity index (χ4v) is 6.16. The standard InChI is InChI=1S/C28H35NO2/c1-18-9-8-12-23-16-20(3)21(4)26-24(17-22-10-6-5-7-11-22)29-27(31)28(23,26)25(30)14-13-19(2)15-18/h5-8,10-12,15-16,18,21,23-24,26H,9,13-14,17H2,1-4H3,(H,29,31)/b12-8+,19-15+/t18-,21+,23-,24-,26-,28+/m0/s1. The van der Waals surface area contributed by atoms with E-state index in [2.05, 4.69) is 69.4 Å². The molecule has 0 aromatic heterocycles. The average Bonchev–Trinajstić information content (AvgIpc) is 3.02. The predicted octanol–water partition coefficient (Wildman–Crippen LogP) is 5.43. The van der Waals surface area contributed by atoms with Crippen molar-refractivity contribution in [2.45, 2.75) is 59.4 Å². The monoisotopic (exact) mass is 417 g/mol. The number of hydrogen-bond acceptors (Lipinski definition) is 2. The van der Waals surface area contributed by atoms with Crippen LogP contribution in [0.25, 0.3) is 0 Å². The number of carbonyl (C=O) groups excluding carboxylic acids is 2. The van der Waals surface area contributed by atoms with Gasteiger partial charge in [0, 0.05) is 24.3 Å². The highest BCUT2D eigenvalue weighted by Crippen LogP contribution is 2.55. The summed E-state index contributed by atoms with van der Waals surface area (Å²) in [6, 6.07) is 10.3. The van der Waals surface area contributed by atoms with Crippen molar-refractivity contribution in [1.82, 2.24) is 5.32 Å². The van der Waals surface area contributed by atoms with Crippen molar-refractivity contribution in [2.75, 3.05) is 0 Å². The Kier molecular flexibility index (Phi) is 6.05. The third kappa shape index (κ3) is 3.84. The van der Waals surface area contributed by atoms with E-state index in [1.807, 2.05) is 18.2 Å². The molecule has 3 nitrogen and oxygen atoms in total. The van der Waals surface area contributed by atoms with Crippen LogP contribution in [0.15, 0.2) is 65.8 Å². The topological polar surface area (TPSA) is 46.2 Å². The highest BCUT2D eigenvalue weighted by Gasteiger charge is 2.64. The maximum absolute atomic E-state index is 13.9. The fraction of sp³-hybridized carbons (Fsp3) is 0.500. The van der Waals surface area contributed by atoms with Crippen molar-refractivity contribution in [3.05, 3.63) is 71.3 Å². The Morgan fingerprint density at radius 1 is 1.03 bits per heavy atom. The number of Topliss-reactive ketones (excluding diaryl/α,β-unsaturated/α-hetero) is 1. The second-order valence-electron chi connectivity index (χ2n) is 9.97. The lowest BCUT2D eigenvalue weighted by Gasteiger charge is -2.44. The normalized spacial score (nSPS) is 38.6. The second-order valence-corrected chi connectivity index (χ2v) is 9.97. The van der Waals surface area contributed by atoms with Gasteiger partial charge in [-0.05, 0) is 50.5 Å². The summed E-state index contributed by atoms with van der Waals surface area (Å²) in [7, 11) is 0. The largest absolute Gasteiger partial charge is 0.352 e. The van der Waals surface area contributed by atoms with Gasteiger partial charge in [-0.15, -0.1) is 0 Å². The first kappa shape index (κ1) is 21.8. The summed E-state index contributed by atoms with van der Waals surface area (Å²) in [5, 5.41) is 3.29. The average molecular weight is 418 g/mol. The first-order chi connectivity index (χ1) is 14.8. The zero-order chi connectivity index (χ0) is 22.2. The molecule has 1 saturated heterocycles. The van der Waals surface area contributed by atoms with E-state index in [1.165, 1.54) is 16.7 Å². The molecule has 6 atom stereocenters. The number of rotatable bonds is 2. The predicted molar refractivity (Wildman–Crippen MR) is 125 cm³/mol. The maximum atomic E-state index is 13.9. The Bertz CT molecular complexity index is 941. The van der Waals surface area contributed by atoms with E-state index in [0.717, 1.165) is 19.3 Å². The fourth-order valence-electron chi connectivity index (χ4n) is 6.16. The molecule has 1 aromatic rings. The molecule has 164 valence electrons. The maximum Gasteiger partial charge on any atom is 0.235 e. The molecule has 1 spiro atoms. The van der Waals surface area contributed by atoms with Crippen LogP contribution in [0, 0.1) is 29.1 Å². The Labute approximate surface area is 186 Å². The van der Waals surface area contributed by atoms with E-state index in [4.69, 9.17) is 0 Å². The lowest BCUT2D eigenvalue weighted by Crippen LogP contribution is -2.52. The van der Waals surface area contributed by atoms with Gasteiger partial charge < -0.3 is 5.32 Å². The summed E-state index contributed by atoms with van der Waals surface area (Å²) in [5.41, 5.74) is 2.74. The summed E-state index contributed by atoms with van der Waals surface area (Å²) < 4.78 is 0. The van der Waals surface area contributed by atoms with Crippen LogP contribution in [0.5, 0.6) is 0 Å². The number of amides is 1. The van der Waals surface area contributed by atoms with Gasteiger partial charge in [-0.2, -0.15) is 0 Å². The van der Waals surface area contributed by atoms with Crippen LogP contribution in [0.3, 0.4) is 0 Å². The summed E-state index contributed by atoms with van der Waals surface area (Å²) in [5.74, 6) is 0.456. The molecule has 1 aromatic carbocycles. The van der Waals surface area contributed by atoms with Crippen LogP contribution in [-0.4, -0.2) is 17.7 Å². The molecule has 1 heterocycles. The van der Waals surface area contributed by atoms with Gasteiger partial charge in [0.2, 0.25) is 5.91 Å². The molecule has 0 bridgehead atoms. The molecule has 0 saturated carbocycles. The van der Waals surface area contributed by atoms with E-state index in [0.29, 0.717) is 12.3 Å². The van der Waals surface area contributed by atoms with Crippen molar-refractivity contribution in [1.29, 1.82) is 0 Å². The van der Waals surface area contributed by atoms with E-state index >= 15 is 0 Å². The van der Waals surface area contributed by atoms with Gasteiger partial charge in [0.1, 0.15) is 11.2 Å². The number of nitrogens with one attached hydrogen (secondary N) is 1. The van der Waals surface area contributed by atoms with Crippen molar-refractivity contribution < 1.29 is 9.59 Å². The quantitative estimate of drug-likeness (QED) is 0.515. The van der Waals surface area contributed by atoms with Crippen LogP contribution in [-0.2, 0) is 16.0 Å². The van der Waals surface area contributed by atoms with E-state index in [9.17, 15) is 9.59 Å². The summed E-state index contributed by atoms with van der Waals surface area (Å²) in [4.78, 5) is 27.6. The van der Waals surface area contributed by atoms with Crippen molar-refractivity contribution >= 4 is 11.7 Å². The molecule has 2 aliphatic carbocycles. The van der Waals surface area contributed by atoms with Crippen LogP contribution < -0.4 is 5.32 Å². The summed E-state index contributed by atoms with van der Waals surface area (Å²) in [6.07, 6.45) is 11.7. The third-order valence-corrected chi connectivity index (χ3v) is 7.80. The number of hydrogen-bond donors (Lipinski definition) is 1. The SMILES string of the molecule is CC1=C[C@@H]2/C=C/C[C@H](C)/C=C(\C)CCC(=O)[C@]23C(=O)N[C@@H](Cc2ccccc2)[C@@H]3[C@@H]1C. The minimum Gasteiger partial charge on any atom is -0.352 e. The Balaban J connectivity index is 1.80. The molecule has 1 aliphatic heterocycles. The van der Waals surface area contributed by atoms with Gasteiger partial charge >= 0.3 is 0 Å². The Hall–Kier alpha value is -2.42.